The summed E-state index contributed by atoms with van der Waals surface area (Å²) in [6.45, 7) is -0.665. The minimum absolute atomic E-state index is 0.00904. The van der Waals surface area contributed by atoms with Gasteiger partial charge in [0.2, 0.25) is 12.1 Å². The van der Waals surface area contributed by atoms with Gasteiger partial charge in [0, 0.05) is 19.9 Å². The summed E-state index contributed by atoms with van der Waals surface area (Å²) in [6, 6.07) is 5.80. The van der Waals surface area contributed by atoms with Gasteiger partial charge in [-0.1, -0.05) is 12.1 Å². The summed E-state index contributed by atoms with van der Waals surface area (Å²) in [4.78, 5) is 36.2. The van der Waals surface area contributed by atoms with E-state index in [0.717, 1.165) is 19.9 Å². The summed E-state index contributed by atoms with van der Waals surface area (Å²) < 4.78 is 32.5. The predicted octanol–water partition coefficient (Wildman–Crippen LogP) is -2.28. The van der Waals surface area contributed by atoms with Crippen molar-refractivity contribution in [2.75, 3.05) is 19.8 Å². The number of phenolic OH excluding ortho intramolecular Hbond substituents is 1. The maximum absolute atomic E-state index is 12.7. The quantitative estimate of drug-likeness (QED) is 0.0985. The second kappa shape index (κ2) is 13.5. The number of benzene rings is 1. The number of carbonyl (C=O) groups is 3. The van der Waals surface area contributed by atoms with Crippen LogP contribution < -0.4 is 0 Å². The molecule has 6 N–H and O–H groups in total. The molecule has 15 heteroatoms. The zero-order chi connectivity index (χ0) is 29.6. The van der Waals surface area contributed by atoms with E-state index in [9.17, 15) is 45.0 Å². The molecule has 9 unspecified atom stereocenters. The molecule has 0 saturated carbocycles. The first-order valence-corrected chi connectivity index (χ1v) is 12.2. The Kier molecular flexibility index (Phi) is 10.6. The Balaban J connectivity index is 1.92. The summed E-state index contributed by atoms with van der Waals surface area (Å²) in [5, 5.41) is 60.4. The highest BCUT2D eigenvalue weighted by Gasteiger charge is 2.61. The highest BCUT2D eigenvalue weighted by Crippen LogP contribution is 2.39. The topological polar surface area (TPSA) is 228 Å². The normalized spacial score (nSPS) is 34.0. The third-order valence-electron chi connectivity index (χ3n) is 6.14. The molecule has 1 aromatic rings. The molecule has 0 amide bonds. The first kappa shape index (κ1) is 31.4. The SMILES string of the molecule is CC(=O)OC1C(OC2(CO)OC(CO)C(O)C2OC(=O)C=Cc2ccc(O)cc2)OC(CO)C(O)C1OC(C)=O. The lowest BCUT2D eigenvalue weighted by Crippen LogP contribution is -2.64. The van der Waals surface area contributed by atoms with Gasteiger partial charge in [-0.25, -0.2) is 4.79 Å². The fourth-order valence-electron chi connectivity index (χ4n) is 4.30. The first-order chi connectivity index (χ1) is 18.9. The summed E-state index contributed by atoms with van der Waals surface area (Å²) in [6.07, 6.45) is -10.8. The van der Waals surface area contributed by atoms with Crippen LogP contribution in [-0.2, 0) is 42.8 Å². The molecule has 0 radical (unpaired) electrons. The average Bonchev–Trinajstić information content (AvgIpc) is 3.17. The summed E-state index contributed by atoms with van der Waals surface area (Å²) in [5.74, 6) is -5.23. The van der Waals surface area contributed by atoms with Crippen molar-refractivity contribution >= 4 is 24.0 Å². The number of phenols is 1. The molecule has 15 nitrogen and oxygen atoms in total. The maximum Gasteiger partial charge on any atom is 0.331 e. The molecule has 2 fully saturated rings. The van der Waals surface area contributed by atoms with Gasteiger partial charge in [0.15, 0.2) is 18.3 Å². The number of rotatable bonds is 10. The van der Waals surface area contributed by atoms with E-state index in [1.807, 2.05) is 0 Å². The minimum Gasteiger partial charge on any atom is -0.508 e. The molecule has 2 aliphatic heterocycles. The number of aromatic hydroxyl groups is 1. The van der Waals surface area contributed by atoms with Crippen LogP contribution in [0.2, 0.25) is 0 Å². The van der Waals surface area contributed by atoms with Gasteiger partial charge in [-0.2, -0.15) is 0 Å². The van der Waals surface area contributed by atoms with Crippen LogP contribution in [0.3, 0.4) is 0 Å². The first-order valence-electron chi connectivity index (χ1n) is 12.2. The molecule has 0 spiro atoms. The molecule has 1 aromatic carbocycles. The fourth-order valence-corrected chi connectivity index (χ4v) is 4.30. The molecule has 3 rings (SSSR count). The standard InChI is InChI=1S/C25H32O15/c1-12(29)35-21-19(33)16(9-26)37-24(22(21)36-13(2)30)40-25(11-28)23(20(34)17(10-27)39-25)38-18(32)8-5-14-3-6-15(31)7-4-14/h3-8,16-17,19-24,26-28,31,33-34H,9-11H2,1-2H3. The lowest BCUT2D eigenvalue weighted by Gasteiger charge is -2.45. The van der Waals surface area contributed by atoms with E-state index >= 15 is 0 Å². The van der Waals surface area contributed by atoms with Crippen LogP contribution in [0.4, 0.5) is 0 Å². The number of aliphatic hydroxyl groups is 5. The summed E-state index contributed by atoms with van der Waals surface area (Å²) in [7, 11) is 0. The van der Waals surface area contributed by atoms with Crippen LogP contribution in [0.5, 0.6) is 5.75 Å². The molecule has 2 saturated heterocycles. The second-order valence-electron chi connectivity index (χ2n) is 9.06. The molecule has 0 bridgehead atoms. The monoisotopic (exact) mass is 572 g/mol. The number of ether oxygens (including phenoxy) is 6. The van der Waals surface area contributed by atoms with Gasteiger partial charge in [0.1, 0.15) is 36.8 Å². The van der Waals surface area contributed by atoms with Crippen LogP contribution in [0.15, 0.2) is 30.3 Å². The Morgan fingerprint density at radius 3 is 2.05 bits per heavy atom. The maximum atomic E-state index is 12.7. The number of esters is 3. The van der Waals surface area contributed by atoms with Gasteiger partial charge in [-0.3, -0.25) is 9.59 Å². The molecular weight excluding hydrogens is 540 g/mol. The second-order valence-corrected chi connectivity index (χ2v) is 9.06. The largest absolute Gasteiger partial charge is 0.508 e. The Bertz CT molecular complexity index is 1060. The molecule has 222 valence electrons. The van der Waals surface area contributed by atoms with E-state index in [2.05, 4.69) is 0 Å². The van der Waals surface area contributed by atoms with Crippen LogP contribution in [0, 0.1) is 0 Å². The highest BCUT2D eigenvalue weighted by atomic mass is 16.8. The van der Waals surface area contributed by atoms with Crippen molar-refractivity contribution in [1.82, 2.24) is 0 Å². The van der Waals surface area contributed by atoms with Crippen molar-refractivity contribution in [3.05, 3.63) is 35.9 Å². The van der Waals surface area contributed by atoms with Crippen molar-refractivity contribution in [3.63, 3.8) is 0 Å². The van der Waals surface area contributed by atoms with Gasteiger partial charge in [0.25, 0.3) is 0 Å². The third-order valence-corrected chi connectivity index (χ3v) is 6.14. The van der Waals surface area contributed by atoms with Crippen molar-refractivity contribution < 1.29 is 73.4 Å². The van der Waals surface area contributed by atoms with Gasteiger partial charge < -0.3 is 59.1 Å². The zero-order valence-corrected chi connectivity index (χ0v) is 21.6. The van der Waals surface area contributed by atoms with E-state index in [1.54, 1.807) is 0 Å². The Hall–Kier alpha value is -3.15. The van der Waals surface area contributed by atoms with Crippen molar-refractivity contribution in [2.24, 2.45) is 0 Å². The molecule has 40 heavy (non-hydrogen) atoms. The Labute approximate surface area is 228 Å². The van der Waals surface area contributed by atoms with Gasteiger partial charge >= 0.3 is 17.9 Å². The van der Waals surface area contributed by atoms with Crippen molar-refractivity contribution in [2.45, 2.75) is 68.7 Å². The number of carbonyl (C=O) groups excluding carboxylic acids is 3. The minimum atomic E-state index is -2.43. The van der Waals surface area contributed by atoms with E-state index in [4.69, 9.17) is 28.4 Å². The lowest BCUT2D eigenvalue weighted by molar-refractivity contribution is -0.384. The van der Waals surface area contributed by atoms with Gasteiger partial charge in [-0.05, 0) is 23.8 Å². The van der Waals surface area contributed by atoms with Crippen molar-refractivity contribution in [3.8, 4) is 5.75 Å². The van der Waals surface area contributed by atoms with E-state index in [0.29, 0.717) is 5.56 Å². The molecule has 0 aliphatic carbocycles. The Morgan fingerprint density at radius 1 is 0.900 bits per heavy atom. The average molecular weight is 573 g/mol. The molecular formula is C25H32O15. The highest BCUT2D eigenvalue weighted by molar-refractivity contribution is 5.87. The van der Waals surface area contributed by atoms with E-state index in [-0.39, 0.29) is 5.75 Å². The molecule has 9 atom stereocenters. The smallest absolute Gasteiger partial charge is 0.331 e. The number of aliphatic hydroxyl groups excluding tert-OH is 5. The van der Waals surface area contributed by atoms with Crippen LogP contribution in [0.25, 0.3) is 6.08 Å². The Morgan fingerprint density at radius 2 is 1.50 bits per heavy atom. The van der Waals surface area contributed by atoms with E-state index in [1.165, 1.54) is 30.3 Å². The van der Waals surface area contributed by atoms with Crippen molar-refractivity contribution in [1.29, 1.82) is 0 Å². The third kappa shape index (κ3) is 7.13. The predicted molar refractivity (Wildman–Crippen MR) is 129 cm³/mol. The molecule has 0 aromatic heterocycles. The summed E-state index contributed by atoms with van der Waals surface area (Å²) in [5.41, 5.74) is 0.515. The number of hydrogen-bond donors (Lipinski definition) is 6. The lowest BCUT2D eigenvalue weighted by atomic mass is 9.98. The van der Waals surface area contributed by atoms with Crippen LogP contribution in [0.1, 0.15) is 19.4 Å². The van der Waals surface area contributed by atoms with Gasteiger partial charge in [-0.15, -0.1) is 0 Å². The zero-order valence-electron chi connectivity index (χ0n) is 21.6. The molecule has 2 heterocycles. The number of hydrogen-bond acceptors (Lipinski definition) is 15. The summed E-state index contributed by atoms with van der Waals surface area (Å²) >= 11 is 0. The van der Waals surface area contributed by atoms with Gasteiger partial charge in [0.05, 0.1) is 13.2 Å². The van der Waals surface area contributed by atoms with E-state index < -0.39 is 92.5 Å². The molecule has 2 aliphatic rings. The van der Waals surface area contributed by atoms with Crippen LogP contribution >= 0.6 is 0 Å². The fraction of sp³-hybridized carbons (Fsp3) is 0.560. The van der Waals surface area contributed by atoms with Crippen LogP contribution in [-0.4, -0.2) is 123 Å².